The summed E-state index contributed by atoms with van der Waals surface area (Å²) in [5, 5.41) is 8.20. The summed E-state index contributed by atoms with van der Waals surface area (Å²) in [7, 11) is -3.13. The molecule has 3 rings (SSSR count). The van der Waals surface area contributed by atoms with Crippen LogP contribution in [0.1, 0.15) is 19.3 Å². The summed E-state index contributed by atoms with van der Waals surface area (Å²) in [5.74, 6) is -0.630. The second-order valence-electron chi connectivity index (χ2n) is 6.00. The monoisotopic (exact) mass is 381 g/mol. The first-order valence-corrected chi connectivity index (χ1v) is 11.0. The SMILES string of the molecule is CSc1ccccc1NC(=O)C1=NN(C2CCS(=O)(=O)C2)C(=O)CC1. The summed E-state index contributed by atoms with van der Waals surface area (Å²) in [5.41, 5.74) is 0.939. The van der Waals surface area contributed by atoms with Gasteiger partial charge in [-0.05, 0) is 24.8 Å². The molecule has 0 saturated carbocycles. The minimum Gasteiger partial charge on any atom is -0.320 e. The fourth-order valence-corrected chi connectivity index (χ4v) is 5.18. The van der Waals surface area contributed by atoms with E-state index in [9.17, 15) is 18.0 Å². The number of rotatable bonds is 4. The lowest BCUT2D eigenvalue weighted by atomic mass is 10.1. The third kappa shape index (κ3) is 4.04. The molecule has 1 atom stereocenters. The molecule has 2 heterocycles. The Morgan fingerprint density at radius 2 is 2.08 bits per heavy atom. The van der Waals surface area contributed by atoms with Crippen LogP contribution in [0, 0.1) is 0 Å². The predicted molar refractivity (Wildman–Crippen MR) is 97.4 cm³/mol. The third-order valence-corrected chi connectivity index (χ3v) is 6.78. The van der Waals surface area contributed by atoms with Crippen molar-refractivity contribution in [3.05, 3.63) is 24.3 Å². The van der Waals surface area contributed by atoms with Gasteiger partial charge in [-0.3, -0.25) is 9.59 Å². The Balaban J connectivity index is 1.78. The summed E-state index contributed by atoms with van der Waals surface area (Å²) >= 11 is 1.52. The zero-order chi connectivity index (χ0) is 18.0. The Labute approximate surface area is 150 Å². The number of carbonyl (C=O) groups excluding carboxylic acids is 2. The van der Waals surface area contributed by atoms with Gasteiger partial charge in [0, 0.05) is 17.7 Å². The Bertz CT molecular complexity index is 836. The van der Waals surface area contributed by atoms with E-state index in [1.54, 1.807) is 6.07 Å². The maximum absolute atomic E-state index is 12.5. The molecule has 1 saturated heterocycles. The number of sulfone groups is 1. The minimum atomic E-state index is -3.13. The Morgan fingerprint density at radius 3 is 2.76 bits per heavy atom. The van der Waals surface area contributed by atoms with Crippen molar-refractivity contribution in [1.82, 2.24) is 5.01 Å². The molecule has 0 radical (unpaired) electrons. The number of hydrogen-bond acceptors (Lipinski definition) is 6. The van der Waals surface area contributed by atoms with E-state index in [0.717, 1.165) is 4.90 Å². The number of hydrazone groups is 1. The molecule has 0 aromatic heterocycles. The molecule has 7 nitrogen and oxygen atoms in total. The molecule has 0 bridgehead atoms. The second kappa shape index (κ2) is 7.17. The molecule has 2 aliphatic heterocycles. The van der Waals surface area contributed by atoms with Gasteiger partial charge in [-0.15, -0.1) is 11.8 Å². The summed E-state index contributed by atoms with van der Waals surface area (Å²) in [6.45, 7) is 0. The molecule has 0 spiro atoms. The lowest BCUT2D eigenvalue weighted by Gasteiger charge is -2.27. The maximum Gasteiger partial charge on any atom is 0.271 e. The van der Waals surface area contributed by atoms with Gasteiger partial charge < -0.3 is 5.32 Å². The van der Waals surface area contributed by atoms with Crippen LogP contribution >= 0.6 is 11.8 Å². The Morgan fingerprint density at radius 1 is 1.32 bits per heavy atom. The van der Waals surface area contributed by atoms with Crippen LogP contribution in [0.2, 0.25) is 0 Å². The van der Waals surface area contributed by atoms with Crippen molar-refractivity contribution in [3.63, 3.8) is 0 Å². The van der Waals surface area contributed by atoms with Gasteiger partial charge in [-0.25, -0.2) is 13.4 Å². The van der Waals surface area contributed by atoms with Crippen molar-refractivity contribution in [2.45, 2.75) is 30.2 Å². The Hall–Kier alpha value is -1.87. The highest BCUT2D eigenvalue weighted by Crippen LogP contribution is 2.26. The van der Waals surface area contributed by atoms with E-state index in [1.165, 1.54) is 16.8 Å². The van der Waals surface area contributed by atoms with Crippen molar-refractivity contribution < 1.29 is 18.0 Å². The number of anilines is 1. The lowest BCUT2D eigenvalue weighted by Crippen LogP contribution is -2.42. The normalized spacial score (nSPS) is 22.6. The summed E-state index contributed by atoms with van der Waals surface area (Å²) < 4.78 is 23.3. The van der Waals surface area contributed by atoms with Gasteiger partial charge >= 0.3 is 0 Å². The summed E-state index contributed by atoms with van der Waals surface area (Å²) in [6.07, 6.45) is 2.70. The van der Waals surface area contributed by atoms with Crippen LogP contribution < -0.4 is 5.32 Å². The zero-order valence-corrected chi connectivity index (χ0v) is 15.4. The van der Waals surface area contributed by atoms with Crippen LogP contribution in [0.5, 0.6) is 0 Å². The number of nitrogens with one attached hydrogen (secondary N) is 1. The van der Waals surface area contributed by atoms with Gasteiger partial charge in [0.1, 0.15) is 5.71 Å². The smallest absolute Gasteiger partial charge is 0.271 e. The summed E-state index contributed by atoms with van der Waals surface area (Å²) in [4.78, 5) is 25.6. The quantitative estimate of drug-likeness (QED) is 0.798. The molecule has 2 amide bonds. The molecular weight excluding hydrogens is 362 g/mol. The maximum atomic E-state index is 12.5. The topological polar surface area (TPSA) is 95.9 Å². The lowest BCUT2D eigenvalue weighted by molar-refractivity contribution is -0.133. The number of benzene rings is 1. The first-order valence-electron chi connectivity index (χ1n) is 7.94. The van der Waals surface area contributed by atoms with Crippen molar-refractivity contribution >= 4 is 44.8 Å². The largest absolute Gasteiger partial charge is 0.320 e. The highest BCUT2D eigenvalue weighted by atomic mass is 32.2. The molecule has 2 aliphatic rings. The van der Waals surface area contributed by atoms with E-state index >= 15 is 0 Å². The van der Waals surface area contributed by atoms with Crippen LogP contribution in [0.3, 0.4) is 0 Å². The highest BCUT2D eigenvalue weighted by Gasteiger charge is 2.37. The van der Waals surface area contributed by atoms with Gasteiger partial charge in [0.25, 0.3) is 5.91 Å². The van der Waals surface area contributed by atoms with Gasteiger partial charge in [-0.2, -0.15) is 5.10 Å². The van der Waals surface area contributed by atoms with E-state index in [1.807, 2.05) is 24.5 Å². The first-order chi connectivity index (χ1) is 11.9. The minimum absolute atomic E-state index is 0.0552. The average Bonchev–Trinajstić information content (AvgIpc) is 2.95. The molecule has 25 heavy (non-hydrogen) atoms. The number of nitrogens with zero attached hydrogens (tertiary/aromatic N) is 2. The number of thioether (sulfide) groups is 1. The van der Waals surface area contributed by atoms with Gasteiger partial charge in [0.05, 0.1) is 23.2 Å². The van der Waals surface area contributed by atoms with E-state index in [4.69, 9.17) is 0 Å². The van der Waals surface area contributed by atoms with Crippen LogP contribution in [0.25, 0.3) is 0 Å². The van der Waals surface area contributed by atoms with E-state index in [0.29, 0.717) is 12.1 Å². The fraction of sp³-hybridized carbons (Fsp3) is 0.438. The number of amides is 2. The van der Waals surface area contributed by atoms with Crippen LogP contribution in [0.15, 0.2) is 34.3 Å². The zero-order valence-electron chi connectivity index (χ0n) is 13.8. The van der Waals surface area contributed by atoms with E-state index in [2.05, 4.69) is 10.4 Å². The van der Waals surface area contributed by atoms with Crippen molar-refractivity contribution in [2.24, 2.45) is 5.10 Å². The number of para-hydroxylation sites is 1. The van der Waals surface area contributed by atoms with Crippen LogP contribution in [-0.4, -0.2) is 54.8 Å². The molecule has 134 valence electrons. The fourth-order valence-electron chi connectivity index (χ4n) is 2.93. The second-order valence-corrected chi connectivity index (χ2v) is 9.07. The van der Waals surface area contributed by atoms with Crippen LogP contribution in [0.4, 0.5) is 5.69 Å². The Kier molecular flexibility index (Phi) is 5.14. The molecule has 1 aromatic carbocycles. The van der Waals surface area contributed by atoms with Crippen molar-refractivity contribution in [1.29, 1.82) is 0 Å². The van der Waals surface area contributed by atoms with Gasteiger partial charge in [0.15, 0.2) is 9.84 Å². The number of carbonyl (C=O) groups is 2. The first kappa shape index (κ1) is 17.9. The van der Waals surface area contributed by atoms with Crippen molar-refractivity contribution in [3.8, 4) is 0 Å². The molecular formula is C16H19N3O4S2. The highest BCUT2D eigenvalue weighted by molar-refractivity contribution is 7.98. The predicted octanol–water partition coefficient (Wildman–Crippen LogP) is 1.51. The molecule has 1 aromatic rings. The molecule has 0 aliphatic carbocycles. The van der Waals surface area contributed by atoms with Crippen molar-refractivity contribution in [2.75, 3.05) is 23.1 Å². The standard InChI is InChI=1S/C16H19N3O4S2/c1-24-14-5-3-2-4-12(14)17-16(21)13-6-7-15(20)19(18-13)11-8-9-25(22,23)10-11/h2-5,11H,6-10H2,1H3,(H,17,21). The molecule has 1 N–H and O–H groups in total. The van der Waals surface area contributed by atoms with Gasteiger partial charge in [0.2, 0.25) is 5.91 Å². The average molecular weight is 381 g/mol. The number of hydrogen-bond donors (Lipinski definition) is 1. The summed E-state index contributed by atoms with van der Waals surface area (Å²) in [6, 6.07) is 6.96. The third-order valence-electron chi connectivity index (χ3n) is 4.23. The van der Waals surface area contributed by atoms with E-state index < -0.39 is 15.9 Å². The van der Waals surface area contributed by atoms with E-state index in [-0.39, 0.29) is 41.9 Å². The molecule has 9 heteroatoms. The molecule has 1 fully saturated rings. The van der Waals surface area contributed by atoms with Crippen LogP contribution in [-0.2, 0) is 19.4 Å². The van der Waals surface area contributed by atoms with Gasteiger partial charge in [-0.1, -0.05) is 12.1 Å². The molecule has 1 unspecified atom stereocenters.